The van der Waals surface area contributed by atoms with Gasteiger partial charge in [0.25, 0.3) is 0 Å². The van der Waals surface area contributed by atoms with E-state index in [-0.39, 0.29) is 0 Å². The van der Waals surface area contributed by atoms with Gasteiger partial charge in [0, 0.05) is 25.2 Å². The first-order valence-corrected chi connectivity index (χ1v) is 7.36. The monoisotopic (exact) mass is 240 g/mol. The lowest BCUT2D eigenvalue weighted by Crippen LogP contribution is -2.45. The molecule has 1 unspecified atom stereocenters. The number of hydrogen-bond acceptors (Lipinski definition) is 3. The number of piperidine rings is 1. The van der Waals surface area contributed by atoms with Gasteiger partial charge in [-0.25, -0.2) is 0 Å². The van der Waals surface area contributed by atoms with Crippen LogP contribution in [0, 0.1) is 0 Å². The zero-order valence-corrected chi connectivity index (χ0v) is 11.3. The maximum Gasteiger partial charge on any atom is 0.0558 e. The van der Waals surface area contributed by atoms with Crippen LogP contribution in [0.15, 0.2) is 0 Å². The van der Waals surface area contributed by atoms with E-state index >= 15 is 0 Å². The second-order valence-corrected chi connectivity index (χ2v) is 5.76. The zero-order chi connectivity index (χ0) is 12.1. The van der Waals surface area contributed by atoms with Gasteiger partial charge in [0.05, 0.1) is 6.61 Å². The molecule has 0 aromatic heterocycles. The molecule has 0 aromatic carbocycles. The molecule has 1 N–H and O–H groups in total. The molecule has 0 bridgehead atoms. The molecular formula is C14H28N2O. The number of likely N-dealkylation sites (tertiary alicyclic amines) is 1. The van der Waals surface area contributed by atoms with Gasteiger partial charge >= 0.3 is 0 Å². The third-order valence-corrected chi connectivity index (χ3v) is 4.65. The molecule has 0 aromatic rings. The average molecular weight is 240 g/mol. The van der Waals surface area contributed by atoms with Crippen LogP contribution in [0.2, 0.25) is 0 Å². The lowest BCUT2D eigenvalue weighted by atomic mass is 9.90. The molecule has 1 aliphatic heterocycles. The Kier molecular flexibility index (Phi) is 5.26. The Morgan fingerprint density at radius 1 is 1.12 bits per heavy atom. The van der Waals surface area contributed by atoms with Gasteiger partial charge in [-0.3, -0.25) is 4.90 Å². The predicted molar refractivity (Wildman–Crippen MR) is 71.2 cm³/mol. The molecule has 1 heterocycles. The molecule has 1 atom stereocenters. The van der Waals surface area contributed by atoms with E-state index in [9.17, 15) is 0 Å². The minimum Gasteiger partial charge on any atom is -0.395 e. The lowest BCUT2D eigenvalue weighted by Gasteiger charge is -2.39. The Labute approximate surface area is 106 Å². The van der Waals surface area contributed by atoms with Crippen molar-refractivity contribution >= 4 is 0 Å². The molecule has 0 amide bonds. The first-order valence-electron chi connectivity index (χ1n) is 7.36. The minimum atomic E-state index is 0.316. The third-order valence-electron chi connectivity index (χ3n) is 4.65. The topological polar surface area (TPSA) is 26.7 Å². The van der Waals surface area contributed by atoms with E-state index in [0.29, 0.717) is 6.61 Å². The molecule has 2 fully saturated rings. The van der Waals surface area contributed by atoms with Crippen molar-refractivity contribution in [1.82, 2.24) is 9.80 Å². The summed E-state index contributed by atoms with van der Waals surface area (Å²) in [6, 6.07) is 1.56. The van der Waals surface area contributed by atoms with Crippen LogP contribution in [0.3, 0.4) is 0 Å². The van der Waals surface area contributed by atoms with E-state index in [1.54, 1.807) is 0 Å². The number of hydrogen-bond donors (Lipinski definition) is 1. The Balaban J connectivity index is 1.73. The van der Waals surface area contributed by atoms with Crippen molar-refractivity contribution in [1.29, 1.82) is 0 Å². The summed E-state index contributed by atoms with van der Waals surface area (Å²) in [6.45, 7) is 3.65. The van der Waals surface area contributed by atoms with Gasteiger partial charge in [0.2, 0.25) is 0 Å². The van der Waals surface area contributed by atoms with E-state index in [1.165, 1.54) is 58.0 Å². The van der Waals surface area contributed by atoms with E-state index < -0.39 is 0 Å². The summed E-state index contributed by atoms with van der Waals surface area (Å²) in [5, 5.41) is 9.14. The van der Waals surface area contributed by atoms with Crippen LogP contribution in [-0.4, -0.2) is 60.3 Å². The smallest absolute Gasteiger partial charge is 0.0558 e. The quantitative estimate of drug-likeness (QED) is 0.765. The maximum atomic E-state index is 9.14. The highest BCUT2D eigenvalue weighted by Crippen LogP contribution is 2.26. The molecule has 2 rings (SSSR count). The third kappa shape index (κ3) is 3.67. The summed E-state index contributed by atoms with van der Waals surface area (Å²) in [5.74, 6) is 0. The summed E-state index contributed by atoms with van der Waals surface area (Å²) in [7, 11) is 2.27. The van der Waals surface area contributed by atoms with Crippen LogP contribution in [-0.2, 0) is 0 Å². The van der Waals surface area contributed by atoms with Gasteiger partial charge in [-0.15, -0.1) is 0 Å². The van der Waals surface area contributed by atoms with Crippen LogP contribution in [0.5, 0.6) is 0 Å². The Morgan fingerprint density at radius 2 is 1.94 bits per heavy atom. The van der Waals surface area contributed by atoms with E-state index in [1.807, 2.05) is 0 Å². The molecule has 3 nitrogen and oxygen atoms in total. The Hall–Kier alpha value is -0.120. The highest BCUT2D eigenvalue weighted by atomic mass is 16.3. The number of aliphatic hydroxyl groups excluding tert-OH is 1. The fourth-order valence-electron chi connectivity index (χ4n) is 3.18. The Morgan fingerprint density at radius 3 is 2.53 bits per heavy atom. The maximum absolute atomic E-state index is 9.14. The molecule has 1 saturated carbocycles. The van der Waals surface area contributed by atoms with Gasteiger partial charge in [-0.2, -0.15) is 0 Å². The fourth-order valence-corrected chi connectivity index (χ4v) is 3.18. The van der Waals surface area contributed by atoms with Crippen molar-refractivity contribution < 1.29 is 5.11 Å². The first kappa shape index (κ1) is 13.3. The summed E-state index contributed by atoms with van der Waals surface area (Å²) >= 11 is 0. The Bertz CT molecular complexity index is 218. The molecule has 2 aliphatic rings. The van der Waals surface area contributed by atoms with Gasteiger partial charge in [-0.1, -0.05) is 12.8 Å². The van der Waals surface area contributed by atoms with E-state index in [4.69, 9.17) is 5.11 Å². The van der Waals surface area contributed by atoms with E-state index in [0.717, 1.165) is 18.6 Å². The van der Waals surface area contributed by atoms with Gasteiger partial charge in [0.15, 0.2) is 0 Å². The summed E-state index contributed by atoms with van der Waals surface area (Å²) < 4.78 is 0. The SMILES string of the molecule is CN1CCCCC1CCN(CCO)C1CCC1. The van der Waals surface area contributed by atoms with Crippen molar-refractivity contribution in [2.24, 2.45) is 0 Å². The highest BCUT2D eigenvalue weighted by molar-refractivity contribution is 4.82. The summed E-state index contributed by atoms with van der Waals surface area (Å²) in [5.41, 5.74) is 0. The van der Waals surface area contributed by atoms with E-state index in [2.05, 4.69) is 16.8 Å². The molecule has 17 heavy (non-hydrogen) atoms. The summed E-state index contributed by atoms with van der Waals surface area (Å²) in [6.07, 6.45) is 9.51. The van der Waals surface area contributed by atoms with Crippen LogP contribution < -0.4 is 0 Å². The summed E-state index contributed by atoms with van der Waals surface area (Å²) in [4.78, 5) is 5.05. The predicted octanol–water partition coefficient (Wildman–Crippen LogP) is 1.71. The van der Waals surface area contributed by atoms with Crippen LogP contribution >= 0.6 is 0 Å². The van der Waals surface area contributed by atoms with Crippen molar-refractivity contribution in [2.75, 3.05) is 33.3 Å². The second-order valence-electron chi connectivity index (χ2n) is 5.76. The standard InChI is InChI=1S/C14H28N2O/c1-15-9-3-2-5-13(15)8-10-16(11-12-17)14-6-4-7-14/h13-14,17H,2-12H2,1H3. The molecule has 3 heteroatoms. The van der Waals surface area contributed by atoms with Gasteiger partial charge < -0.3 is 10.0 Å². The minimum absolute atomic E-state index is 0.316. The average Bonchev–Trinajstić information content (AvgIpc) is 2.25. The molecule has 0 radical (unpaired) electrons. The van der Waals surface area contributed by atoms with Crippen molar-refractivity contribution in [3.8, 4) is 0 Å². The van der Waals surface area contributed by atoms with Crippen LogP contribution in [0.25, 0.3) is 0 Å². The van der Waals surface area contributed by atoms with Crippen molar-refractivity contribution in [3.05, 3.63) is 0 Å². The van der Waals surface area contributed by atoms with Crippen LogP contribution in [0.1, 0.15) is 44.9 Å². The molecule has 1 saturated heterocycles. The molecule has 1 aliphatic carbocycles. The second kappa shape index (κ2) is 6.72. The highest BCUT2D eigenvalue weighted by Gasteiger charge is 2.26. The van der Waals surface area contributed by atoms with Gasteiger partial charge in [0.1, 0.15) is 0 Å². The zero-order valence-electron chi connectivity index (χ0n) is 11.3. The van der Waals surface area contributed by atoms with Crippen molar-refractivity contribution in [2.45, 2.75) is 57.0 Å². The number of nitrogens with zero attached hydrogens (tertiary/aromatic N) is 2. The molecule has 100 valence electrons. The molecule has 0 spiro atoms. The first-order chi connectivity index (χ1) is 8.31. The molecular weight excluding hydrogens is 212 g/mol. The van der Waals surface area contributed by atoms with Gasteiger partial charge in [-0.05, 0) is 45.7 Å². The number of aliphatic hydroxyl groups is 1. The fraction of sp³-hybridized carbons (Fsp3) is 1.00. The van der Waals surface area contributed by atoms with Crippen LogP contribution in [0.4, 0.5) is 0 Å². The lowest BCUT2D eigenvalue weighted by molar-refractivity contribution is 0.0827. The largest absolute Gasteiger partial charge is 0.395 e. The number of rotatable bonds is 6. The van der Waals surface area contributed by atoms with Crippen molar-refractivity contribution in [3.63, 3.8) is 0 Å². The normalized spacial score (nSPS) is 27.4.